The Morgan fingerprint density at radius 2 is 2.25 bits per heavy atom. The summed E-state index contributed by atoms with van der Waals surface area (Å²) in [6.45, 7) is 3.39. The lowest BCUT2D eigenvalue weighted by Gasteiger charge is -2.27. The molecular weight excluding hydrogens is 268 g/mol. The van der Waals surface area contributed by atoms with E-state index in [2.05, 4.69) is 23.3 Å². The van der Waals surface area contributed by atoms with Crippen LogP contribution in [-0.4, -0.2) is 11.5 Å². The predicted molar refractivity (Wildman–Crippen MR) is 86.4 cm³/mol. The van der Waals surface area contributed by atoms with Crippen molar-refractivity contribution in [2.75, 3.05) is 11.9 Å². The van der Waals surface area contributed by atoms with Gasteiger partial charge in [-0.05, 0) is 42.9 Å². The summed E-state index contributed by atoms with van der Waals surface area (Å²) in [7, 11) is 0. The smallest absolute Gasteiger partial charge is 0.0934 e. The van der Waals surface area contributed by atoms with Crippen LogP contribution in [0.4, 0.5) is 5.69 Å². The maximum Gasteiger partial charge on any atom is 0.0934 e. The molecule has 1 aromatic heterocycles. The van der Waals surface area contributed by atoms with E-state index in [0.29, 0.717) is 0 Å². The Morgan fingerprint density at radius 1 is 1.35 bits per heavy atom. The van der Waals surface area contributed by atoms with Crippen molar-refractivity contribution in [2.45, 2.75) is 32.6 Å². The second kappa shape index (κ2) is 6.01. The Hall–Kier alpha value is -1.28. The lowest BCUT2D eigenvalue weighted by Crippen LogP contribution is -2.21. The minimum absolute atomic E-state index is 0.769. The zero-order chi connectivity index (χ0) is 13.9. The highest BCUT2D eigenvalue weighted by molar-refractivity contribution is 6.31. The van der Waals surface area contributed by atoms with Gasteiger partial charge < -0.3 is 5.32 Å². The summed E-state index contributed by atoms with van der Waals surface area (Å²) >= 11 is 6.20. The number of benzene rings is 1. The first-order valence-electron chi connectivity index (χ1n) is 7.50. The number of pyridine rings is 1. The molecule has 2 aromatic rings. The van der Waals surface area contributed by atoms with Gasteiger partial charge >= 0.3 is 0 Å². The second-order valence-electron chi connectivity index (χ2n) is 6.05. The standard InChI is InChI=1S/C17H21ClN2/c1-12-4-2-5-13(8-12)11-20-16-10-15(18)9-14-6-3-7-19-17(14)16/h3,6-7,9-10,12-13,20H,2,4-5,8,11H2,1H3. The fourth-order valence-corrected chi connectivity index (χ4v) is 3.52. The number of rotatable bonds is 3. The van der Waals surface area contributed by atoms with Crippen LogP contribution in [0.3, 0.4) is 0 Å². The molecule has 1 N–H and O–H groups in total. The molecule has 0 bridgehead atoms. The van der Waals surface area contributed by atoms with Gasteiger partial charge in [-0.3, -0.25) is 4.98 Å². The van der Waals surface area contributed by atoms with Gasteiger partial charge in [-0.2, -0.15) is 0 Å². The summed E-state index contributed by atoms with van der Waals surface area (Å²) in [6, 6.07) is 7.97. The second-order valence-corrected chi connectivity index (χ2v) is 6.48. The highest BCUT2D eigenvalue weighted by Gasteiger charge is 2.18. The molecular formula is C17H21ClN2. The molecule has 106 valence electrons. The fourth-order valence-electron chi connectivity index (χ4n) is 3.29. The first-order chi connectivity index (χ1) is 9.72. The summed E-state index contributed by atoms with van der Waals surface area (Å²) in [5.74, 6) is 1.64. The molecule has 1 saturated carbocycles. The van der Waals surface area contributed by atoms with Crippen LogP contribution in [0.5, 0.6) is 0 Å². The van der Waals surface area contributed by atoms with Gasteiger partial charge in [0.15, 0.2) is 0 Å². The van der Waals surface area contributed by atoms with E-state index < -0.39 is 0 Å². The third kappa shape index (κ3) is 3.06. The molecule has 0 aliphatic heterocycles. The number of hydrogen-bond donors (Lipinski definition) is 1. The Balaban J connectivity index is 1.77. The lowest BCUT2D eigenvalue weighted by molar-refractivity contribution is 0.293. The van der Waals surface area contributed by atoms with Crippen molar-refractivity contribution >= 4 is 28.2 Å². The molecule has 3 heteroatoms. The largest absolute Gasteiger partial charge is 0.383 e. The van der Waals surface area contributed by atoms with Crippen LogP contribution < -0.4 is 5.32 Å². The van der Waals surface area contributed by atoms with Gasteiger partial charge in [0, 0.05) is 23.2 Å². The normalized spacial score (nSPS) is 22.9. The quantitative estimate of drug-likeness (QED) is 0.847. The first kappa shape index (κ1) is 13.7. The Kier molecular flexibility index (Phi) is 4.11. The minimum atomic E-state index is 0.769. The van der Waals surface area contributed by atoms with Crippen molar-refractivity contribution in [2.24, 2.45) is 11.8 Å². The molecule has 20 heavy (non-hydrogen) atoms. The monoisotopic (exact) mass is 288 g/mol. The van der Waals surface area contributed by atoms with Gasteiger partial charge in [0.05, 0.1) is 11.2 Å². The van der Waals surface area contributed by atoms with E-state index in [1.165, 1.54) is 25.7 Å². The third-order valence-corrected chi connectivity index (χ3v) is 4.51. The maximum atomic E-state index is 6.20. The zero-order valence-corrected chi connectivity index (χ0v) is 12.7. The molecule has 0 amide bonds. The topological polar surface area (TPSA) is 24.9 Å². The molecule has 0 saturated heterocycles. The molecule has 2 atom stereocenters. The van der Waals surface area contributed by atoms with E-state index >= 15 is 0 Å². The van der Waals surface area contributed by atoms with Gasteiger partial charge in [-0.25, -0.2) is 0 Å². The van der Waals surface area contributed by atoms with Crippen LogP contribution >= 0.6 is 11.6 Å². The summed E-state index contributed by atoms with van der Waals surface area (Å²) in [6.07, 6.45) is 7.26. The van der Waals surface area contributed by atoms with E-state index in [1.54, 1.807) is 0 Å². The van der Waals surface area contributed by atoms with Crippen molar-refractivity contribution in [3.05, 3.63) is 35.5 Å². The fraction of sp³-hybridized carbons (Fsp3) is 0.471. The summed E-state index contributed by atoms with van der Waals surface area (Å²) < 4.78 is 0. The van der Waals surface area contributed by atoms with Crippen molar-refractivity contribution in [3.8, 4) is 0 Å². The summed E-state index contributed by atoms with van der Waals surface area (Å²) in [5, 5.41) is 5.44. The molecule has 2 unspecified atom stereocenters. The van der Waals surface area contributed by atoms with E-state index in [-0.39, 0.29) is 0 Å². The molecule has 2 nitrogen and oxygen atoms in total. The maximum absolute atomic E-state index is 6.20. The van der Waals surface area contributed by atoms with Crippen molar-refractivity contribution in [1.82, 2.24) is 4.98 Å². The van der Waals surface area contributed by atoms with Gasteiger partial charge in [0.1, 0.15) is 0 Å². The number of fused-ring (bicyclic) bond motifs is 1. The molecule has 1 aliphatic rings. The van der Waals surface area contributed by atoms with E-state index in [9.17, 15) is 0 Å². The minimum Gasteiger partial charge on any atom is -0.383 e. The first-order valence-corrected chi connectivity index (χ1v) is 7.88. The van der Waals surface area contributed by atoms with Gasteiger partial charge in [0.25, 0.3) is 0 Å². The van der Waals surface area contributed by atoms with Crippen LogP contribution in [0, 0.1) is 11.8 Å². The molecule has 1 fully saturated rings. The number of nitrogens with zero attached hydrogens (tertiary/aromatic N) is 1. The number of anilines is 1. The molecule has 3 rings (SSSR count). The summed E-state index contributed by atoms with van der Waals surface area (Å²) in [5.41, 5.74) is 2.08. The average molecular weight is 289 g/mol. The van der Waals surface area contributed by atoms with Gasteiger partial charge in [-0.15, -0.1) is 0 Å². The highest BCUT2D eigenvalue weighted by Crippen LogP contribution is 2.30. The van der Waals surface area contributed by atoms with Crippen molar-refractivity contribution in [1.29, 1.82) is 0 Å². The van der Waals surface area contributed by atoms with Crippen LogP contribution in [0.2, 0.25) is 5.02 Å². The number of aromatic nitrogens is 1. The summed E-state index contributed by atoms with van der Waals surface area (Å²) in [4.78, 5) is 4.48. The van der Waals surface area contributed by atoms with Crippen LogP contribution in [0.15, 0.2) is 30.5 Å². The van der Waals surface area contributed by atoms with Gasteiger partial charge in [0.2, 0.25) is 0 Å². The zero-order valence-electron chi connectivity index (χ0n) is 11.9. The Labute approximate surface area is 125 Å². The number of hydrogen-bond acceptors (Lipinski definition) is 2. The molecule has 1 aromatic carbocycles. The Morgan fingerprint density at radius 3 is 3.10 bits per heavy atom. The van der Waals surface area contributed by atoms with Crippen LogP contribution in [0.25, 0.3) is 10.9 Å². The van der Waals surface area contributed by atoms with Crippen LogP contribution in [-0.2, 0) is 0 Å². The highest BCUT2D eigenvalue weighted by atomic mass is 35.5. The molecule has 0 radical (unpaired) electrons. The Bertz CT molecular complexity index is 597. The van der Waals surface area contributed by atoms with Crippen LogP contribution in [0.1, 0.15) is 32.6 Å². The lowest BCUT2D eigenvalue weighted by atomic mass is 9.82. The number of nitrogens with one attached hydrogen (secondary N) is 1. The predicted octanol–water partition coefficient (Wildman–Crippen LogP) is 5.13. The van der Waals surface area contributed by atoms with E-state index in [4.69, 9.17) is 11.6 Å². The van der Waals surface area contributed by atoms with Crippen molar-refractivity contribution < 1.29 is 0 Å². The SMILES string of the molecule is CC1CCCC(CNc2cc(Cl)cc3cccnc23)C1. The molecule has 1 heterocycles. The number of halogens is 1. The molecule has 1 aliphatic carbocycles. The third-order valence-electron chi connectivity index (χ3n) is 4.30. The van der Waals surface area contributed by atoms with E-state index in [0.717, 1.165) is 40.0 Å². The van der Waals surface area contributed by atoms with Gasteiger partial charge in [-0.1, -0.05) is 37.4 Å². The van der Waals surface area contributed by atoms with Crippen molar-refractivity contribution in [3.63, 3.8) is 0 Å². The average Bonchev–Trinajstić information content (AvgIpc) is 2.44. The van der Waals surface area contributed by atoms with E-state index in [1.807, 2.05) is 24.4 Å². The molecule has 0 spiro atoms.